The van der Waals surface area contributed by atoms with Crippen molar-refractivity contribution < 1.29 is 0 Å². The largest absolute Gasteiger partial charge is 0.0759 e. The van der Waals surface area contributed by atoms with Crippen molar-refractivity contribution in [3.8, 4) is 0 Å². The summed E-state index contributed by atoms with van der Waals surface area (Å²) in [7, 11) is 0. The van der Waals surface area contributed by atoms with Crippen LogP contribution in [0.1, 0.15) is 61.8 Å². The van der Waals surface area contributed by atoms with Gasteiger partial charge in [-0.15, -0.1) is 0 Å². The molecule has 90 valence electrons. The van der Waals surface area contributed by atoms with E-state index in [1.807, 2.05) is 0 Å². The minimum absolute atomic E-state index is 0.338. The maximum Gasteiger partial charge on any atom is 0.00759 e. The van der Waals surface area contributed by atoms with Crippen LogP contribution in [0.25, 0.3) is 6.08 Å². The molecule has 1 unspecified atom stereocenters. The van der Waals surface area contributed by atoms with E-state index in [9.17, 15) is 0 Å². The zero-order valence-electron chi connectivity index (χ0n) is 11.2. The van der Waals surface area contributed by atoms with Gasteiger partial charge in [0.05, 0.1) is 0 Å². The van der Waals surface area contributed by atoms with Gasteiger partial charge < -0.3 is 0 Å². The van der Waals surface area contributed by atoms with Gasteiger partial charge in [-0.3, -0.25) is 0 Å². The molecule has 1 aromatic rings. The molecule has 2 aliphatic rings. The van der Waals surface area contributed by atoms with Gasteiger partial charge in [0, 0.05) is 5.92 Å². The number of hydrogen-bond acceptors (Lipinski definition) is 0. The van der Waals surface area contributed by atoms with Crippen LogP contribution in [-0.4, -0.2) is 0 Å². The zero-order valence-corrected chi connectivity index (χ0v) is 11.2. The average molecular weight is 226 g/mol. The first kappa shape index (κ1) is 11.1. The maximum absolute atomic E-state index is 2.50. The molecule has 0 saturated heterocycles. The molecule has 0 spiro atoms. The summed E-state index contributed by atoms with van der Waals surface area (Å²) in [6.07, 6.45) is 10.1. The molecule has 1 aromatic carbocycles. The van der Waals surface area contributed by atoms with Crippen LogP contribution in [-0.2, 0) is 12.8 Å². The Balaban J connectivity index is 2.07. The topological polar surface area (TPSA) is 0 Å². The fourth-order valence-electron chi connectivity index (χ4n) is 3.30. The Kier molecular flexibility index (Phi) is 2.43. The van der Waals surface area contributed by atoms with Gasteiger partial charge >= 0.3 is 0 Å². The summed E-state index contributed by atoms with van der Waals surface area (Å²) in [6.45, 7) is 7.03. The maximum atomic E-state index is 2.50. The molecule has 0 radical (unpaired) electrons. The Morgan fingerprint density at radius 3 is 2.29 bits per heavy atom. The molecular weight excluding hydrogens is 204 g/mol. The van der Waals surface area contributed by atoms with Crippen molar-refractivity contribution in [2.24, 2.45) is 5.41 Å². The number of benzene rings is 1. The van der Waals surface area contributed by atoms with Gasteiger partial charge in [0.2, 0.25) is 0 Å². The van der Waals surface area contributed by atoms with E-state index in [1.54, 1.807) is 16.7 Å². The van der Waals surface area contributed by atoms with Crippen LogP contribution in [0.4, 0.5) is 0 Å². The van der Waals surface area contributed by atoms with Crippen LogP contribution >= 0.6 is 0 Å². The molecule has 0 aromatic heterocycles. The van der Waals surface area contributed by atoms with E-state index in [0.717, 1.165) is 0 Å². The van der Waals surface area contributed by atoms with Crippen molar-refractivity contribution in [2.45, 2.75) is 52.4 Å². The second-order valence-electron chi connectivity index (χ2n) is 6.66. The lowest BCUT2D eigenvalue weighted by Crippen LogP contribution is -2.16. The van der Waals surface area contributed by atoms with Gasteiger partial charge in [-0.05, 0) is 53.4 Å². The van der Waals surface area contributed by atoms with Gasteiger partial charge in [-0.25, -0.2) is 0 Å². The predicted octanol–water partition coefficient (Wildman–Crippen LogP) is 4.72. The van der Waals surface area contributed by atoms with Crippen molar-refractivity contribution in [1.29, 1.82) is 0 Å². The van der Waals surface area contributed by atoms with Crippen LogP contribution in [0, 0.1) is 5.41 Å². The summed E-state index contributed by atoms with van der Waals surface area (Å²) in [4.78, 5) is 0. The number of allylic oxidation sites excluding steroid dienone is 1. The zero-order chi connectivity index (χ0) is 12.0. The summed E-state index contributed by atoms with van der Waals surface area (Å²) in [5.74, 6) is 0.602. The van der Waals surface area contributed by atoms with Crippen LogP contribution in [0.15, 0.2) is 18.2 Å². The van der Waals surface area contributed by atoms with E-state index in [1.165, 1.54) is 31.2 Å². The monoisotopic (exact) mass is 226 g/mol. The first-order valence-corrected chi connectivity index (χ1v) is 6.89. The average Bonchev–Trinajstić information content (AvgIpc) is 2.68. The summed E-state index contributed by atoms with van der Waals surface area (Å²) in [5.41, 5.74) is 6.61. The summed E-state index contributed by atoms with van der Waals surface area (Å²) < 4.78 is 0. The molecule has 0 fully saturated rings. The van der Waals surface area contributed by atoms with Crippen LogP contribution < -0.4 is 0 Å². The highest BCUT2D eigenvalue weighted by atomic mass is 14.3. The highest BCUT2D eigenvalue weighted by Gasteiger charge is 2.29. The Bertz CT molecular complexity index is 472. The quantitative estimate of drug-likeness (QED) is 0.600. The lowest BCUT2D eigenvalue weighted by molar-refractivity contribution is 0.369. The van der Waals surface area contributed by atoms with Crippen LogP contribution in [0.5, 0.6) is 0 Å². The summed E-state index contributed by atoms with van der Waals surface area (Å²) in [5, 5.41) is 0. The molecule has 2 aliphatic carbocycles. The molecule has 0 saturated carbocycles. The predicted molar refractivity (Wildman–Crippen MR) is 74.3 cm³/mol. The van der Waals surface area contributed by atoms with E-state index in [0.29, 0.717) is 11.3 Å². The first-order chi connectivity index (χ1) is 8.05. The molecule has 1 atom stereocenters. The van der Waals surface area contributed by atoms with E-state index in [2.05, 4.69) is 45.1 Å². The third-order valence-corrected chi connectivity index (χ3v) is 4.28. The summed E-state index contributed by atoms with van der Waals surface area (Å²) in [6, 6.07) is 4.95. The van der Waals surface area contributed by atoms with E-state index < -0.39 is 0 Å². The van der Waals surface area contributed by atoms with Crippen molar-refractivity contribution in [2.75, 3.05) is 0 Å². The smallest absolute Gasteiger partial charge is 0.00759 e. The lowest BCUT2D eigenvalue weighted by atomic mass is 9.76. The number of aryl methyl sites for hydroxylation is 2. The second kappa shape index (κ2) is 3.73. The standard InChI is InChI=1S/C17H22/c1-17(2,3)16-9-8-14-10-12-6-4-5-7-13(12)11-15(14)16/h8-11,16H,4-7H2,1-3H3. The van der Waals surface area contributed by atoms with Crippen molar-refractivity contribution in [3.63, 3.8) is 0 Å². The molecule has 0 bridgehead atoms. The Hall–Kier alpha value is -1.04. The molecule has 0 nitrogen and oxygen atoms in total. The highest BCUT2D eigenvalue weighted by molar-refractivity contribution is 5.65. The van der Waals surface area contributed by atoms with E-state index in [-0.39, 0.29) is 0 Å². The van der Waals surface area contributed by atoms with Gasteiger partial charge in [-0.1, -0.05) is 45.1 Å². The molecule has 17 heavy (non-hydrogen) atoms. The third-order valence-electron chi connectivity index (χ3n) is 4.28. The Morgan fingerprint density at radius 1 is 1.00 bits per heavy atom. The number of hydrogen-bond donors (Lipinski definition) is 0. The Labute approximate surface area is 105 Å². The SMILES string of the molecule is CC(C)(C)C1C=Cc2cc3c(cc21)CCCC3. The minimum Gasteiger partial charge on any atom is -0.0759 e. The first-order valence-electron chi connectivity index (χ1n) is 6.89. The van der Waals surface area contributed by atoms with E-state index in [4.69, 9.17) is 0 Å². The lowest BCUT2D eigenvalue weighted by Gasteiger charge is -2.28. The fourth-order valence-corrected chi connectivity index (χ4v) is 3.30. The van der Waals surface area contributed by atoms with Crippen molar-refractivity contribution in [3.05, 3.63) is 40.5 Å². The Morgan fingerprint density at radius 2 is 1.65 bits per heavy atom. The second-order valence-corrected chi connectivity index (χ2v) is 6.66. The molecule has 0 heteroatoms. The molecule has 0 amide bonds. The summed E-state index contributed by atoms with van der Waals surface area (Å²) >= 11 is 0. The molecular formula is C17H22. The molecule has 3 rings (SSSR count). The van der Waals surface area contributed by atoms with Crippen LogP contribution in [0.2, 0.25) is 0 Å². The van der Waals surface area contributed by atoms with Crippen molar-refractivity contribution >= 4 is 6.08 Å². The van der Waals surface area contributed by atoms with Gasteiger partial charge in [0.15, 0.2) is 0 Å². The fraction of sp³-hybridized carbons (Fsp3) is 0.529. The van der Waals surface area contributed by atoms with E-state index >= 15 is 0 Å². The third kappa shape index (κ3) is 1.84. The minimum atomic E-state index is 0.338. The van der Waals surface area contributed by atoms with Gasteiger partial charge in [0.25, 0.3) is 0 Å². The van der Waals surface area contributed by atoms with Crippen molar-refractivity contribution in [1.82, 2.24) is 0 Å². The highest BCUT2D eigenvalue weighted by Crippen LogP contribution is 2.43. The van der Waals surface area contributed by atoms with Gasteiger partial charge in [0.1, 0.15) is 0 Å². The van der Waals surface area contributed by atoms with Gasteiger partial charge in [-0.2, -0.15) is 0 Å². The number of fused-ring (bicyclic) bond motifs is 2. The molecule has 0 heterocycles. The number of rotatable bonds is 0. The molecule has 0 N–H and O–H groups in total. The normalized spacial score (nSPS) is 22.4. The van der Waals surface area contributed by atoms with Crippen LogP contribution in [0.3, 0.4) is 0 Å². The molecule has 0 aliphatic heterocycles.